The summed E-state index contributed by atoms with van der Waals surface area (Å²) in [5.74, 6) is 1.74. The molecule has 0 amide bonds. The number of phenols is 2. The highest BCUT2D eigenvalue weighted by molar-refractivity contribution is 5.83. The number of rotatable bonds is 12. The molecule has 3 unspecified atom stereocenters. The van der Waals surface area contributed by atoms with Crippen molar-refractivity contribution in [3.05, 3.63) is 99.1 Å². The van der Waals surface area contributed by atoms with Gasteiger partial charge in [-0.05, 0) is 101 Å². The molecule has 3 atom stereocenters. The van der Waals surface area contributed by atoms with Crippen molar-refractivity contribution in [1.29, 1.82) is 0 Å². The van der Waals surface area contributed by atoms with Gasteiger partial charge in [-0.2, -0.15) is 0 Å². The molecule has 4 aromatic rings. The molecule has 5 N–H and O–H groups in total. The first-order valence-electron chi connectivity index (χ1n) is 18.8. The summed E-state index contributed by atoms with van der Waals surface area (Å²) in [5.41, 5.74) is 6.89. The van der Waals surface area contributed by atoms with Crippen LogP contribution < -0.4 is 30.1 Å². The first-order valence-corrected chi connectivity index (χ1v) is 18.8. The number of hydrogen-bond acceptors (Lipinski definition) is 10. The quantitative estimate of drug-likeness (QED) is 0.131. The van der Waals surface area contributed by atoms with E-state index in [1.54, 1.807) is 18.2 Å². The predicted octanol–water partition coefficient (Wildman–Crippen LogP) is 4.74. The predicted molar refractivity (Wildman–Crippen MR) is 200 cm³/mol. The molecule has 0 spiro atoms. The molecular formula is C43H48N2O8. The minimum atomic E-state index is -0.841. The van der Waals surface area contributed by atoms with Crippen LogP contribution in [0.4, 0.5) is 0 Å². The summed E-state index contributed by atoms with van der Waals surface area (Å²) in [5, 5.41) is 47.2. The topological polar surface area (TPSA) is 142 Å². The van der Waals surface area contributed by atoms with E-state index in [1.165, 1.54) is 31.9 Å². The minimum Gasteiger partial charge on any atom is -0.508 e. The van der Waals surface area contributed by atoms with Gasteiger partial charge in [0, 0.05) is 29.7 Å². The van der Waals surface area contributed by atoms with E-state index >= 15 is 0 Å². The number of hydrogen-bond donors (Lipinski definition) is 5. The van der Waals surface area contributed by atoms with Gasteiger partial charge in [0.2, 0.25) is 0 Å². The van der Waals surface area contributed by atoms with Gasteiger partial charge in [0.15, 0.2) is 17.6 Å². The molecule has 4 aliphatic rings. The first-order chi connectivity index (χ1) is 25.9. The average molecular weight is 721 g/mol. The van der Waals surface area contributed by atoms with Crippen LogP contribution in [0.5, 0.6) is 28.7 Å². The summed E-state index contributed by atoms with van der Waals surface area (Å²) in [6.07, 6.45) is 8.33. The number of aromatic hydroxyl groups is 2. The zero-order valence-electron chi connectivity index (χ0n) is 30.1. The number of nitrogens with one attached hydrogen (secondary N) is 1. The fourth-order valence-electron chi connectivity index (χ4n) is 8.60. The Morgan fingerprint density at radius 2 is 1.75 bits per heavy atom. The second kappa shape index (κ2) is 15.4. The minimum absolute atomic E-state index is 0.0262. The molecule has 1 saturated carbocycles. The Bertz CT molecular complexity index is 2090. The van der Waals surface area contributed by atoms with Gasteiger partial charge in [-0.25, -0.2) is 0 Å². The molecule has 0 saturated heterocycles. The number of benzene rings is 4. The molecule has 10 nitrogen and oxygen atoms in total. The number of methoxy groups -OCH3 is 1. The van der Waals surface area contributed by atoms with Crippen molar-refractivity contribution in [2.75, 3.05) is 33.6 Å². The summed E-state index contributed by atoms with van der Waals surface area (Å²) in [6, 6.07) is 19.5. The molecule has 53 heavy (non-hydrogen) atoms. The fourth-order valence-corrected chi connectivity index (χ4v) is 8.60. The molecule has 0 aromatic heterocycles. The molecule has 2 heterocycles. The fraction of sp³-hybridized carbons (Fsp3) is 0.419. The monoisotopic (exact) mass is 720 g/mol. The number of fused-ring (bicyclic) bond motifs is 6. The lowest BCUT2D eigenvalue weighted by Crippen LogP contribution is -2.39. The van der Waals surface area contributed by atoms with E-state index < -0.39 is 12.2 Å². The Balaban J connectivity index is 1.22. The van der Waals surface area contributed by atoms with Crippen LogP contribution in [0.1, 0.15) is 71.9 Å². The molecular weight excluding hydrogens is 672 g/mol. The first kappa shape index (κ1) is 35.4. The molecule has 278 valence electrons. The van der Waals surface area contributed by atoms with Gasteiger partial charge in [0.05, 0.1) is 39.0 Å². The lowest BCUT2D eigenvalue weighted by molar-refractivity contribution is -0.0480. The largest absolute Gasteiger partial charge is 0.508 e. The van der Waals surface area contributed by atoms with Crippen molar-refractivity contribution >= 4 is 6.08 Å². The zero-order valence-corrected chi connectivity index (χ0v) is 30.1. The van der Waals surface area contributed by atoms with Crippen LogP contribution in [0.25, 0.3) is 17.2 Å². The number of ether oxygens (including phenoxy) is 4. The molecule has 10 heteroatoms. The lowest BCUT2D eigenvalue weighted by atomic mass is 9.73. The average Bonchev–Trinajstić information content (AvgIpc) is 3.65. The maximum atomic E-state index is 10.8. The Kier molecular flexibility index (Phi) is 10.3. The number of phenolic OH excluding ortho intramolecular Hbond substituents is 2. The molecule has 2 aliphatic carbocycles. The maximum absolute atomic E-state index is 10.8. The van der Waals surface area contributed by atoms with Crippen molar-refractivity contribution in [2.24, 2.45) is 4.99 Å². The highest BCUT2D eigenvalue weighted by Gasteiger charge is 2.39. The second-order valence-electron chi connectivity index (χ2n) is 14.7. The molecule has 2 aliphatic heterocycles. The van der Waals surface area contributed by atoms with Crippen LogP contribution in [0, 0.1) is 0 Å². The summed E-state index contributed by atoms with van der Waals surface area (Å²) in [7, 11) is 1.52. The Hall–Kier alpha value is -4.61. The maximum Gasteiger partial charge on any atom is 0.160 e. The standard InChI is InChI=1S/C43H48N2O8/c1-50-39-18-27(8-12-37(39)49)43-41(51-24-45-29-5-3-2-4-6-29)20-34-35-17-28(16-25-7-11-36-26(15-25)13-14-44-36)33-19-30(48)9-10-32(33)42(35)40(21-38(34)53-43)52-31(22-46)23-47/h7-13,15,18-19,21,28-29,31,41,43,45-49H,2-6,14,16-17,20,22-24H2,1H3. The molecule has 0 radical (unpaired) electrons. The molecule has 0 bridgehead atoms. The number of nitrogens with zero attached hydrogens (tertiary/aromatic N) is 1. The van der Waals surface area contributed by atoms with Gasteiger partial charge in [0.25, 0.3) is 0 Å². The van der Waals surface area contributed by atoms with Crippen LogP contribution in [0.15, 0.2) is 65.7 Å². The van der Waals surface area contributed by atoms with E-state index in [4.69, 9.17) is 18.9 Å². The molecule has 1 fully saturated rings. The van der Waals surface area contributed by atoms with Crippen molar-refractivity contribution in [1.82, 2.24) is 5.32 Å². The summed E-state index contributed by atoms with van der Waals surface area (Å²) in [6.45, 7) is 0.344. The normalized spacial score (nSPS) is 20.3. The number of aliphatic hydroxyl groups is 2. The highest BCUT2D eigenvalue weighted by atomic mass is 16.6. The van der Waals surface area contributed by atoms with E-state index in [2.05, 4.69) is 34.6 Å². The van der Waals surface area contributed by atoms with Crippen molar-refractivity contribution in [3.63, 3.8) is 0 Å². The Morgan fingerprint density at radius 3 is 2.57 bits per heavy atom. The van der Waals surface area contributed by atoms with E-state index in [0.29, 0.717) is 49.4 Å². The summed E-state index contributed by atoms with van der Waals surface area (Å²) in [4.78, 5) is 4.57. The van der Waals surface area contributed by atoms with E-state index in [9.17, 15) is 20.4 Å². The van der Waals surface area contributed by atoms with Crippen molar-refractivity contribution < 1.29 is 39.4 Å². The van der Waals surface area contributed by atoms with E-state index in [-0.39, 0.29) is 36.7 Å². The third-order valence-electron chi connectivity index (χ3n) is 11.3. The van der Waals surface area contributed by atoms with Crippen molar-refractivity contribution in [3.8, 4) is 39.9 Å². The van der Waals surface area contributed by atoms with Crippen LogP contribution in [0.3, 0.4) is 0 Å². The lowest BCUT2D eigenvalue weighted by Gasteiger charge is -2.39. The van der Waals surface area contributed by atoms with Crippen LogP contribution >= 0.6 is 0 Å². The SMILES string of the molecule is COc1cc(C2Oc3cc(OC(CO)CO)c4c(c3CC2OCNC2CCCCC2)CC(Cc2ccc3c(c2)=CCN=3)c2cc(O)ccc2-4)ccc1O. The smallest absolute Gasteiger partial charge is 0.160 e. The zero-order chi connectivity index (χ0) is 36.5. The summed E-state index contributed by atoms with van der Waals surface area (Å²) >= 11 is 0. The van der Waals surface area contributed by atoms with Gasteiger partial charge in [-0.15, -0.1) is 0 Å². The van der Waals surface area contributed by atoms with Crippen LogP contribution in [0.2, 0.25) is 0 Å². The van der Waals surface area contributed by atoms with Crippen molar-refractivity contribution in [2.45, 2.75) is 81.6 Å². The van der Waals surface area contributed by atoms with Crippen LogP contribution in [-0.4, -0.2) is 72.3 Å². The van der Waals surface area contributed by atoms with Gasteiger partial charge < -0.3 is 39.4 Å². The van der Waals surface area contributed by atoms with Gasteiger partial charge >= 0.3 is 0 Å². The van der Waals surface area contributed by atoms with E-state index in [1.807, 2.05) is 24.3 Å². The number of aliphatic hydroxyl groups excluding tert-OH is 2. The molecule has 8 rings (SSSR count). The molecule has 4 aromatic carbocycles. The Labute approximate surface area is 309 Å². The van der Waals surface area contributed by atoms with Gasteiger partial charge in [0.1, 0.15) is 29.5 Å². The van der Waals surface area contributed by atoms with Gasteiger partial charge in [-0.1, -0.05) is 43.5 Å². The second-order valence-corrected chi connectivity index (χ2v) is 14.7. The van der Waals surface area contributed by atoms with Crippen LogP contribution in [-0.2, 0) is 24.0 Å². The van der Waals surface area contributed by atoms with E-state index in [0.717, 1.165) is 63.2 Å². The highest BCUT2D eigenvalue weighted by Crippen LogP contribution is 2.53. The van der Waals surface area contributed by atoms with Gasteiger partial charge in [-0.3, -0.25) is 10.3 Å². The third-order valence-corrected chi connectivity index (χ3v) is 11.3. The third kappa shape index (κ3) is 7.21. The Morgan fingerprint density at radius 1 is 0.906 bits per heavy atom. The summed E-state index contributed by atoms with van der Waals surface area (Å²) < 4.78 is 25.5.